The Morgan fingerprint density at radius 1 is 1.17 bits per heavy atom. The maximum absolute atomic E-state index is 5.93. The van der Waals surface area contributed by atoms with Gasteiger partial charge in [0.05, 0.1) is 7.11 Å². The van der Waals surface area contributed by atoms with Crippen molar-refractivity contribution >= 4 is 17.3 Å². The van der Waals surface area contributed by atoms with Crippen LogP contribution in [-0.2, 0) is 6.54 Å². The van der Waals surface area contributed by atoms with Gasteiger partial charge in [0.2, 0.25) is 0 Å². The van der Waals surface area contributed by atoms with Gasteiger partial charge in [0.25, 0.3) is 0 Å². The molecule has 2 aromatic carbocycles. The van der Waals surface area contributed by atoms with E-state index in [1.807, 2.05) is 43.3 Å². The van der Waals surface area contributed by atoms with Crippen LogP contribution in [0.2, 0.25) is 5.02 Å². The number of methoxy groups -OCH3 is 1. The number of nitrogens with one attached hydrogen (secondary N) is 1. The molecule has 2 aromatic rings. The number of ether oxygens (including phenoxy) is 1. The highest BCUT2D eigenvalue weighted by molar-refractivity contribution is 6.30. The number of rotatable bonds is 4. The van der Waals surface area contributed by atoms with E-state index in [0.29, 0.717) is 0 Å². The van der Waals surface area contributed by atoms with Crippen molar-refractivity contribution in [2.45, 2.75) is 13.5 Å². The highest BCUT2D eigenvalue weighted by Gasteiger charge is 2.00. The van der Waals surface area contributed by atoms with Crippen molar-refractivity contribution in [3.05, 3.63) is 58.6 Å². The van der Waals surface area contributed by atoms with Gasteiger partial charge in [-0.3, -0.25) is 0 Å². The van der Waals surface area contributed by atoms with Gasteiger partial charge in [0.1, 0.15) is 5.75 Å². The van der Waals surface area contributed by atoms with Gasteiger partial charge < -0.3 is 10.1 Å². The number of aryl methyl sites for hydroxylation is 1. The molecule has 0 bridgehead atoms. The lowest BCUT2D eigenvalue weighted by atomic mass is 10.1. The van der Waals surface area contributed by atoms with Gasteiger partial charge >= 0.3 is 0 Å². The van der Waals surface area contributed by atoms with Crippen LogP contribution in [0.15, 0.2) is 42.5 Å². The first-order chi connectivity index (χ1) is 8.69. The molecule has 3 heteroatoms. The molecule has 2 nitrogen and oxygen atoms in total. The minimum Gasteiger partial charge on any atom is -0.497 e. The van der Waals surface area contributed by atoms with Crippen LogP contribution in [0, 0.1) is 6.92 Å². The largest absolute Gasteiger partial charge is 0.497 e. The molecule has 94 valence electrons. The molecule has 0 radical (unpaired) electrons. The zero-order valence-corrected chi connectivity index (χ0v) is 11.3. The second-order valence-corrected chi connectivity index (χ2v) is 4.60. The molecule has 0 aliphatic rings. The topological polar surface area (TPSA) is 21.3 Å². The fraction of sp³-hybridized carbons (Fsp3) is 0.200. The smallest absolute Gasteiger partial charge is 0.119 e. The summed E-state index contributed by atoms with van der Waals surface area (Å²) in [6.45, 7) is 2.81. The standard InChI is InChI=1S/C15H16ClNO/c1-11-8-13(16)6-7-15(11)17-10-12-4-3-5-14(9-12)18-2/h3-9,17H,10H2,1-2H3. The van der Waals surface area contributed by atoms with Crippen LogP contribution in [0.25, 0.3) is 0 Å². The van der Waals surface area contributed by atoms with Crippen LogP contribution in [0.3, 0.4) is 0 Å². The van der Waals surface area contributed by atoms with Gasteiger partial charge in [0, 0.05) is 17.3 Å². The molecule has 0 saturated carbocycles. The number of hydrogen-bond donors (Lipinski definition) is 1. The summed E-state index contributed by atoms with van der Waals surface area (Å²) < 4.78 is 5.20. The Hall–Kier alpha value is -1.67. The van der Waals surface area contributed by atoms with Crippen LogP contribution in [0.4, 0.5) is 5.69 Å². The Labute approximate surface area is 113 Å². The minimum atomic E-state index is 0.763. The zero-order valence-electron chi connectivity index (χ0n) is 10.5. The van der Waals surface area contributed by atoms with E-state index in [1.165, 1.54) is 5.56 Å². The Kier molecular flexibility index (Phi) is 4.11. The molecule has 0 fully saturated rings. The monoisotopic (exact) mass is 261 g/mol. The second-order valence-electron chi connectivity index (χ2n) is 4.16. The molecule has 0 unspecified atom stereocenters. The van der Waals surface area contributed by atoms with Crippen molar-refractivity contribution in [3.8, 4) is 5.75 Å². The SMILES string of the molecule is COc1cccc(CNc2ccc(Cl)cc2C)c1. The predicted molar refractivity (Wildman–Crippen MR) is 76.5 cm³/mol. The van der Waals surface area contributed by atoms with E-state index in [9.17, 15) is 0 Å². The van der Waals surface area contributed by atoms with Crippen molar-refractivity contribution in [1.29, 1.82) is 0 Å². The number of hydrogen-bond acceptors (Lipinski definition) is 2. The van der Waals surface area contributed by atoms with Crippen LogP contribution < -0.4 is 10.1 Å². The minimum absolute atomic E-state index is 0.763. The normalized spacial score (nSPS) is 10.2. The van der Waals surface area contributed by atoms with Gasteiger partial charge in [-0.05, 0) is 48.4 Å². The van der Waals surface area contributed by atoms with E-state index < -0.39 is 0 Å². The lowest BCUT2D eigenvalue weighted by Gasteiger charge is -2.10. The van der Waals surface area contributed by atoms with Gasteiger partial charge in [-0.2, -0.15) is 0 Å². The Morgan fingerprint density at radius 3 is 2.72 bits per heavy atom. The highest BCUT2D eigenvalue weighted by Crippen LogP contribution is 2.21. The van der Waals surface area contributed by atoms with E-state index in [4.69, 9.17) is 16.3 Å². The Morgan fingerprint density at radius 2 is 2.00 bits per heavy atom. The first-order valence-corrected chi connectivity index (χ1v) is 6.20. The van der Waals surface area contributed by atoms with Gasteiger partial charge in [-0.25, -0.2) is 0 Å². The highest BCUT2D eigenvalue weighted by atomic mass is 35.5. The lowest BCUT2D eigenvalue weighted by Crippen LogP contribution is -2.01. The van der Waals surface area contributed by atoms with Crippen molar-refractivity contribution in [3.63, 3.8) is 0 Å². The van der Waals surface area contributed by atoms with Crippen LogP contribution >= 0.6 is 11.6 Å². The predicted octanol–water partition coefficient (Wildman–Crippen LogP) is 4.27. The molecule has 2 rings (SSSR count). The molecule has 0 aromatic heterocycles. The van der Waals surface area contributed by atoms with E-state index >= 15 is 0 Å². The van der Waals surface area contributed by atoms with Crippen LogP contribution in [-0.4, -0.2) is 7.11 Å². The fourth-order valence-corrected chi connectivity index (χ4v) is 2.03. The van der Waals surface area contributed by atoms with E-state index in [2.05, 4.69) is 11.4 Å². The van der Waals surface area contributed by atoms with Crippen molar-refractivity contribution in [2.24, 2.45) is 0 Å². The summed E-state index contributed by atoms with van der Waals surface area (Å²) in [5.74, 6) is 0.877. The van der Waals surface area contributed by atoms with Crippen molar-refractivity contribution in [1.82, 2.24) is 0 Å². The first-order valence-electron chi connectivity index (χ1n) is 5.82. The average molecular weight is 262 g/mol. The van der Waals surface area contributed by atoms with Crippen LogP contribution in [0.1, 0.15) is 11.1 Å². The van der Waals surface area contributed by atoms with Crippen molar-refractivity contribution < 1.29 is 4.74 Å². The van der Waals surface area contributed by atoms with Crippen LogP contribution in [0.5, 0.6) is 5.75 Å². The first kappa shape index (κ1) is 12.8. The zero-order chi connectivity index (χ0) is 13.0. The van der Waals surface area contributed by atoms with E-state index in [-0.39, 0.29) is 0 Å². The average Bonchev–Trinajstić information content (AvgIpc) is 2.38. The quantitative estimate of drug-likeness (QED) is 0.888. The maximum atomic E-state index is 5.93. The summed E-state index contributed by atoms with van der Waals surface area (Å²) in [5, 5.41) is 4.16. The molecule has 0 spiro atoms. The Bertz CT molecular complexity index is 540. The summed E-state index contributed by atoms with van der Waals surface area (Å²) >= 11 is 5.93. The van der Waals surface area contributed by atoms with Crippen molar-refractivity contribution in [2.75, 3.05) is 12.4 Å². The summed E-state index contributed by atoms with van der Waals surface area (Å²) in [6, 6.07) is 13.9. The summed E-state index contributed by atoms with van der Waals surface area (Å²) in [5.41, 5.74) is 3.43. The third kappa shape index (κ3) is 3.17. The van der Waals surface area contributed by atoms with E-state index in [0.717, 1.165) is 28.6 Å². The molecular weight excluding hydrogens is 246 g/mol. The maximum Gasteiger partial charge on any atom is 0.119 e. The number of benzene rings is 2. The fourth-order valence-electron chi connectivity index (χ4n) is 1.81. The number of anilines is 1. The molecule has 0 amide bonds. The molecule has 0 atom stereocenters. The molecule has 0 saturated heterocycles. The molecule has 0 aliphatic heterocycles. The summed E-state index contributed by atoms with van der Waals surface area (Å²) in [4.78, 5) is 0. The van der Waals surface area contributed by atoms with Gasteiger partial charge in [-0.1, -0.05) is 23.7 Å². The lowest BCUT2D eigenvalue weighted by molar-refractivity contribution is 0.414. The summed E-state index contributed by atoms with van der Waals surface area (Å²) in [7, 11) is 1.68. The Balaban J connectivity index is 2.06. The molecule has 1 N–H and O–H groups in total. The van der Waals surface area contributed by atoms with Gasteiger partial charge in [-0.15, -0.1) is 0 Å². The molecule has 0 aliphatic carbocycles. The molecule has 0 heterocycles. The third-order valence-corrected chi connectivity index (χ3v) is 3.04. The summed E-state index contributed by atoms with van der Waals surface area (Å²) in [6.07, 6.45) is 0. The molecular formula is C15H16ClNO. The number of halogens is 1. The van der Waals surface area contributed by atoms with E-state index in [1.54, 1.807) is 7.11 Å². The third-order valence-electron chi connectivity index (χ3n) is 2.81. The second kappa shape index (κ2) is 5.78. The molecule has 18 heavy (non-hydrogen) atoms. The van der Waals surface area contributed by atoms with Gasteiger partial charge in [0.15, 0.2) is 0 Å².